The Hall–Kier alpha value is -3.55. The Kier molecular flexibility index (Phi) is 6.58. The van der Waals surface area contributed by atoms with Gasteiger partial charge in [0.1, 0.15) is 11.6 Å². The second-order valence-electron chi connectivity index (χ2n) is 8.40. The fraction of sp³-hybridized carbons (Fsp3) is 0.375. The number of aromatic nitrogens is 3. The molecule has 1 aliphatic rings. The van der Waals surface area contributed by atoms with Gasteiger partial charge in [0, 0.05) is 18.9 Å². The first kappa shape index (κ1) is 21.7. The maximum atomic E-state index is 12.7. The lowest BCUT2D eigenvalue weighted by molar-refractivity contribution is -0.142. The SMILES string of the molecule is O=C(NC(Cc1ccccc1)C(=O)O)C1CCC(Cn2nnc3ccccc3c2=O)CC1. The summed E-state index contributed by atoms with van der Waals surface area (Å²) in [5.74, 6) is -1.24. The molecule has 0 aliphatic heterocycles. The predicted octanol–water partition coefficient (Wildman–Crippen LogP) is 2.41. The number of carbonyl (C=O) groups is 2. The number of rotatable bonds is 7. The van der Waals surface area contributed by atoms with E-state index in [1.165, 1.54) is 4.68 Å². The van der Waals surface area contributed by atoms with Crippen LogP contribution in [0.5, 0.6) is 0 Å². The van der Waals surface area contributed by atoms with Gasteiger partial charge in [-0.1, -0.05) is 47.7 Å². The standard InChI is InChI=1S/C24H26N4O4/c29-22(25-21(24(31)32)14-16-6-2-1-3-7-16)18-12-10-17(11-13-18)15-28-23(30)19-8-4-5-9-20(19)26-27-28/h1-9,17-18,21H,10-15H2,(H,25,29)(H,31,32). The Morgan fingerprint density at radius 2 is 1.72 bits per heavy atom. The summed E-state index contributed by atoms with van der Waals surface area (Å²) in [6, 6.07) is 15.5. The number of fused-ring (bicyclic) bond motifs is 1. The number of carbonyl (C=O) groups excluding carboxylic acids is 1. The molecular weight excluding hydrogens is 408 g/mol. The molecule has 2 N–H and O–H groups in total. The van der Waals surface area contributed by atoms with Crippen molar-refractivity contribution in [1.82, 2.24) is 20.3 Å². The fourth-order valence-electron chi connectivity index (χ4n) is 4.33. The van der Waals surface area contributed by atoms with Crippen molar-refractivity contribution in [3.63, 3.8) is 0 Å². The molecule has 1 amide bonds. The Bertz CT molecular complexity index is 1150. The van der Waals surface area contributed by atoms with Gasteiger partial charge in [-0.05, 0) is 49.3 Å². The first-order valence-corrected chi connectivity index (χ1v) is 10.9. The summed E-state index contributed by atoms with van der Waals surface area (Å²) in [5.41, 5.74) is 1.30. The lowest BCUT2D eigenvalue weighted by atomic mass is 9.81. The van der Waals surface area contributed by atoms with E-state index in [2.05, 4.69) is 15.6 Å². The molecule has 1 atom stereocenters. The molecule has 0 radical (unpaired) electrons. The van der Waals surface area contributed by atoms with Gasteiger partial charge in [0.25, 0.3) is 5.56 Å². The minimum atomic E-state index is -1.04. The summed E-state index contributed by atoms with van der Waals surface area (Å²) in [5, 5.41) is 21.0. The van der Waals surface area contributed by atoms with Crippen LogP contribution >= 0.6 is 0 Å². The highest BCUT2D eigenvalue weighted by atomic mass is 16.4. The molecule has 0 saturated heterocycles. The zero-order chi connectivity index (χ0) is 22.5. The quantitative estimate of drug-likeness (QED) is 0.590. The largest absolute Gasteiger partial charge is 0.480 e. The number of aliphatic carboxylic acids is 1. The first-order chi connectivity index (χ1) is 15.5. The third-order valence-corrected chi connectivity index (χ3v) is 6.18. The number of nitrogens with one attached hydrogen (secondary N) is 1. The van der Waals surface area contributed by atoms with Crippen LogP contribution in [0.15, 0.2) is 59.4 Å². The predicted molar refractivity (Wildman–Crippen MR) is 119 cm³/mol. The van der Waals surface area contributed by atoms with E-state index in [1.807, 2.05) is 42.5 Å². The van der Waals surface area contributed by atoms with Crippen molar-refractivity contribution in [2.24, 2.45) is 11.8 Å². The number of hydrogen-bond donors (Lipinski definition) is 2. The minimum Gasteiger partial charge on any atom is -0.480 e. The van der Waals surface area contributed by atoms with Gasteiger partial charge in [-0.3, -0.25) is 9.59 Å². The Balaban J connectivity index is 1.33. The van der Waals surface area contributed by atoms with Crippen LogP contribution in [0.3, 0.4) is 0 Å². The third-order valence-electron chi connectivity index (χ3n) is 6.18. The van der Waals surface area contributed by atoms with Crippen LogP contribution < -0.4 is 10.9 Å². The number of carboxylic acids is 1. The molecule has 8 nitrogen and oxygen atoms in total. The number of carboxylic acid groups (broad SMARTS) is 1. The smallest absolute Gasteiger partial charge is 0.326 e. The van der Waals surface area contributed by atoms with Crippen LogP contribution in [0.2, 0.25) is 0 Å². The molecule has 0 spiro atoms. The molecule has 0 bridgehead atoms. The maximum absolute atomic E-state index is 12.7. The molecule has 1 heterocycles. The number of amides is 1. The molecule has 166 valence electrons. The van der Waals surface area contributed by atoms with Gasteiger partial charge >= 0.3 is 5.97 Å². The highest BCUT2D eigenvalue weighted by Gasteiger charge is 2.30. The van der Waals surface area contributed by atoms with Gasteiger partial charge in [-0.15, -0.1) is 5.10 Å². The summed E-state index contributed by atoms with van der Waals surface area (Å²) in [4.78, 5) is 37.0. The molecule has 1 fully saturated rings. The molecule has 1 aliphatic carbocycles. The second kappa shape index (κ2) is 9.72. The summed E-state index contributed by atoms with van der Waals surface area (Å²) >= 11 is 0. The Labute approximate surface area is 185 Å². The molecule has 1 saturated carbocycles. The van der Waals surface area contributed by atoms with E-state index in [-0.39, 0.29) is 29.7 Å². The van der Waals surface area contributed by atoms with Crippen molar-refractivity contribution < 1.29 is 14.7 Å². The summed E-state index contributed by atoms with van der Waals surface area (Å²) in [6.45, 7) is 0.469. The molecule has 1 aromatic heterocycles. The van der Waals surface area contributed by atoms with Crippen molar-refractivity contribution in [2.45, 2.75) is 44.7 Å². The van der Waals surface area contributed by atoms with Crippen LogP contribution in [0.4, 0.5) is 0 Å². The molecular formula is C24H26N4O4. The van der Waals surface area contributed by atoms with Gasteiger partial charge in [-0.25, -0.2) is 9.48 Å². The van der Waals surface area contributed by atoms with Gasteiger partial charge in [0.2, 0.25) is 5.91 Å². The highest BCUT2D eigenvalue weighted by molar-refractivity contribution is 5.85. The third kappa shape index (κ3) is 5.01. The number of benzene rings is 2. The molecule has 32 heavy (non-hydrogen) atoms. The van der Waals surface area contributed by atoms with E-state index in [0.29, 0.717) is 30.3 Å². The van der Waals surface area contributed by atoms with Crippen molar-refractivity contribution >= 4 is 22.8 Å². The van der Waals surface area contributed by atoms with E-state index in [4.69, 9.17) is 0 Å². The van der Waals surface area contributed by atoms with Crippen LogP contribution in [-0.2, 0) is 22.6 Å². The fourth-order valence-corrected chi connectivity index (χ4v) is 4.33. The highest BCUT2D eigenvalue weighted by Crippen LogP contribution is 2.30. The van der Waals surface area contributed by atoms with Crippen molar-refractivity contribution in [1.29, 1.82) is 0 Å². The van der Waals surface area contributed by atoms with Crippen molar-refractivity contribution in [2.75, 3.05) is 0 Å². The van der Waals surface area contributed by atoms with E-state index < -0.39 is 12.0 Å². The van der Waals surface area contributed by atoms with Crippen LogP contribution in [0, 0.1) is 11.8 Å². The average Bonchev–Trinajstić information content (AvgIpc) is 2.81. The molecule has 1 unspecified atom stereocenters. The van der Waals surface area contributed by atoms with Gasteiger partial charge in [-0.2, -0.15) is 0 Å². The van der Waals surface area contributed by atoms with Crippen LogP contribution in [0.1, 0.15) is 31.2 Å². The van der Waals surface area contributed by atoms with Gasteiger partial charge in [0.05, 0.1) is 5.39 Å². The van der Waals surface area contributed by atoms with E-state index >= 15 is 0 Å². The summed E-state index contributed by atoms with van der Waals surface area (Å²) < 4.78 is 1.41. The Morgan fingerprint density at radius 3 is 2.44 bits per heavy atom. The van der Waals surface area contributed by atoms with E-state index in [9.17, 15) is 19.5 Å². The minimum absolute atomic E-state index is 0.152. The number of hydrogen-bond acceptors (Lipinski definition) is 5. The number of nitrogens with zero attached hydrogens (tertiary/aromatic N) is 3. The molecule has 2 aromatic carbocycles. The van der Waals surface area contributed by atoms with Gasteiger partial charge in [0.15, 0.2) is 0 Å². The molecule has 3 aromatic rings. The zero-order valence-electron chi connectivity index (χ0n) is 17.7. The van der Waals surface area contributed by atoms with Crippen LogP contribution in [-0.4, -0.2) is 38.0 Å². The molecule has 4 rings (SSSR count). The van der Waals surface area contributed by atoms with E-state index in [0.717, 1.165) is 18.4 Å². The van der Waals surface area contributed by atoms with Gasteiger partial charge < -0.3 is 10.4 Å². The summed E-state index contributed by atoms with van der Waals surface area (Å²) in [6.07, 6.45) is 3.11. The van der Waals surface area contributed by atoms with Crippen molar-refractivity contribution in [3.8, 4) is 0 Å². The topological polar surface area (TPSA) is 114 Å². The second-order valence-corrected chi connectivity index (χ2v) is 8.40. The first-order valence-electron chi connectivity index (χ1n) is 10.9. The maximum Gasteiger partial charge on any atom is 0.326 e. The lowest BCUT2D eigenvalue weighted by Gasteiger charge is -2.28. The lowest BCUT2D eigenvalue weighted by Crippen LogP contribution is -2.45. The monoisotopic (exact) mass is 434 g/mol. The Morgan fingerprint density at radius 1 is 1.03 bits per heavy atom. The molecule has 8 heteroatoms. The van der Waals surface area contributed by atoms with E-state index in [1.54, 1.807) is 12.1 Å². The normalized spacial score (nSPS) is 19.4. The van der Waals surface area contributed by atoms with Crippen LogP contribution in [0.25, 0.3) is 10.9 Å². The summed E-state index contributed by atoms with van der Waals surface area (Å²) in [7, 11) is 0. The zero-order valence-corrected chi connectivity index (χ0v) is 17.7. The average molecular weight is 434 g/mol. The van der Waals surface area contributed by atoms with Crippen molar-refractivity contribution in [3.05, 3.63) is 70.5 Å².